The van der Waals surface area contributed by atoms with Crippen LogP contribution in [0.4, 0.5) is 0 Å². The molecule has 1 aromatic heterocycles. The second-order valence-corrected chi connectivity index (χ2v) is 9.87. The maximum Gasteiger partial charge on any atom is 0.338 e. The molecule has 0 N–H and O–H groups in total. The zero-order valence-corrected chi connectivity index (χ0v) is 23.6. The number of rotatable bonds is 8. The quantitative estimate of drug-likeness (QED) is 0.371. The number of esters is 1. The van der Waals surface area contributed by atoms with Gasteiger partial charge in [0.15, 0.2) is 16.3 Å². The Bertz CT molecular complexity index is 1560. The Morgan fingerprint density at radius 1 is 1.14 bits per heavy atom. The van der Waals surface area contributed by atoms with Gasteiger partial charge in [0.25, 0.3) is 5.56 Å². The van der Waals surface area contributed by atoms with Crippen LogP contribution in [-0.4, -0.2) is 38.0 Å². The molecule has 2 aromatic carbocycles. The molecule has 0 unspecified atom stereocenters. The number of ether oxygens (including phenoxy) is 4. The maximum absolute atomic E-state index is 13.9. The van der Waals surface area contributed by atoms with Crippen molar-refractivity contribution in [1.82, 2.24) is 4.57 Å². The Morgan fingerprint density at radius 3 is 2.54 bits per heavy atom. The molecule has 194 valence electrons. The minimum Gasteiger partial charge on any atom is -0.496 e. The second kappa shape index (κ2) is 11.4. The summed E-state index contributed by atoms with van der Waals surface area (Å²) in [6.45, 7) is 5.91. The minimum absolute atomic E-state index is 0.190. The van der Waals surface area contributed by atoms with Crippen LogP contribution in [0.2, 0.25) is 0 Å². The average molecular weight is 587 g/mol. The molecule has 1 aliphatic rings. The fourth-order valence-corrected chi connectivity index (χ4v) is 5.82. The molecule has 37 heavy (non-hydrogen) atoms. The number of fused-ring (bicyclic) bond motifs is 1. The summed E-state index contributed by atoms with van der Waals surface area (Å²) in [5.41, 5.74) is 1.90. The van der Waals surface area contributed by atoms with Crippen molar-refractivity contribution >= 4 is 39.3 Å². The number of carbonyl (C=O) groups is 1. The minimum atomic E-state index is -0.809. The van der Waals surface area contributed by atoms with E-state index in [4.69, 9.17) is 18.9 Å². The molecule has 0 spiro atoms. The maximum atomic E-state index is 13.9. The fraction of sp³-hybridized carbons (Fsp3) is 0.296. The van der Waals surface area contributed by atoms with E-state index in [2.05, 4.69) is 20.9 Å². The third-order valence-corrected chi connectivity index (χ3v) is 7.41. The molecule has 0 amide bonds. The molecule has 0 fully saturated rings. The molecule has 0 saturated heterocycles. The highest BCUT2D eigenvalue weighted by Gasteiger charge is 2.35. The smallest absolute Gasteiger partial charge is 0.338 e. The van der Waals surface area contributed by atoms with Gasteiger partial charge in [-0.2, -0.15) is 0 Å². The molecule has 0 aliphatic carbocycles. The van der Waals surface area contributed by atoms with Crippen molar-refractivity contribution < 1.29 is 23.7 Å². The average Bonchev–Trinajstić information content (AvgIpc) is 3.18. The number of carbonyl (C=O) groups excluding carboxylic acids is 1. The Morgan fingerprint density at radius 2 is 1.89 bits per heavy atom. The van der Waals surface area contributed by atoms with Crippen LogP contribution in [0.15, 0.2) is 61.9 Å². The van der Waals surface area contributed by atoms with Crippen molar-refractivity contribution in [3.05, 3.63) is 83.0 Å². The van der Waals surface area contributed by atoms with E-state index >= 15 is 0 Å². The monoisotopic (exact) mass is 586 g/mol. The first-order valence-electron chi connectivity index (χ1n) is 11.7. The predicted octanol–water partition coefficient (Wildman–Crippen LogP) is 3.98. The zero-order valence-electron chi connectivity index (χ0n) is 21.2. The molecule has 0 saturated carbocycles. The van der Waals surface area contributed by atoms with Gasteiger partial charge in [-0.15, -0.1) is 0 Å². The van der Waals surface area contributed by atoms with Crippen LogP contribution in [0, 0.1) is 0 Å². The van der Waals surface area contributed by atoms with Gasteiger partial charge >= 0.3 is 5.97 Å². The summed E-state index contributed by atoms with van der Waals surface area (Å²) >= 11 is 4.75. The van der Waals surface area contributed by atoms with Gasteiger partial charge in [0.05, 0.1) is 47.7 Å². The Labute approximate surface area is 226 Å². The lowest BCUT2D eigenvalue weighted by Crippen LogP contribution is -2.40. The molecule has 2 heterocycles. The van der Waals surface area contributed by atoms with Crippen LogP contribution in [0.25, 0.3) is 6.08 Å². The van der Waals surface area contributed by atoms with Crippen LogP contribution in [0.1, 0.15) is 37.9 Å². The summed E-state index contributed by atoms with van der Waals surface area (Å²) in [6, 6.07) is 10.2. The van der Waals surface area contributed by atoms with Gasteiger partial charge in [-0.05, 0) is 66.5 Å². The Hall–Kier alpha value is -3.37. The summed E-state index contributed by atoms with van der Waals surface area (Å²) in [5.74, 6) is 1.12. The molecule has 3 aromatic rings. The normalized spacial score (nSPS) is 15.2. The molecule has 1 atom stereocenters. The van der Waals surface area contributed by atoms with Crippen LogP contribution >= 0.6 is 27.3 Å². The van der Waals surface area contributed by atoms with Crippen LogP contribution in [0.5, 0.6) is 17.2 Å². The molecule has 8 nitrogen and oxygen atoms in total. The van der Waals surface area contributed by atoms with Gasteiger partial charge in [0.2, 0.25) is 0 Å². The van der Waals surface area contributed by atoms with Gasteiger partial charge < -0.3 is 18.9 Å². The second-order valence-electron chi connectivity index (χ2n) is 8.01. The first-order valence-corrected chi connectivity index (χ1v) is 13.3. The molecule has 4 rings (SSSR count). The molecule has 0 bridgehead atoms. The Balaban J connectivity index is 2.00. The lowest BCUT2D eigenvalue weighted by Gasteiger charge is -2.26. The van der Waals surface area contributed by atoms with E-state index in [1.54, 1.807) is 46.3 Å². The number of aromatic nitrogens is 1. The van der Waals surface area contributed by atoms with Gasteiger partial charge in [-0.1, -0.05) is 29.5 Å². The lowest BCUT2D eigenvalue weighted by atomic mass is 9.94. The van der Waals surface area contributed by atoms with E-state index in [0.29, 0.717) is 44.4 Å². The van der Waals surface area contributed by atoms with Crippen molar-refractivity contribution in [3.8, 4) is 17.2 Å². The number of hydrogen-bond donors (Lipinski definition) is 0. The van der Waals surface area contributed by atoms with E-state index < -0.39 is 12.0 Å². The van der Waals surface area contributed by atoms with Crippen LogP contribution in [-0.2, 0) is 9.53 Å². The third kappa shape index (κ3) is 5.08. The largest absolute Gasteiger partial charge is 0.496 e. The van der Waals surface area contributed by atoms with E-state index in [-0.39, 0.29) is 17.7 Å². The van der Waals surface area contributed by atoms with Crippen molar-refractivity contribution in [2.24, 2.45) is 4.99 Å². The highest BCUT2D eigenvalue weighted by molar-refractivity contribution is 9.10. The molecular weight excluding hydrogens is 560 g/mol. The summed E-state index contributed by atoms with van der Waals surface area (Å²) in [7, 11) is 3.14. The van der Waals surface area contributed by atoms with Crippen LogP contribution < -0.4 is 29.1 Å². The van der Waals surface area contributed by atoms with Gasteiger partial charge in [0, 0.05) is 5.56 Å². The summed E-state index contributed by atoms with van der Waals surface area (Å²) in [4.78, 5) is 32.2. The predicted molar refractivity (Wildman–Crippen MR) is 145 cm³/mol. The Kier molecular flexibility index (Phi) is 8.19. The van der Waals surface area contributed by atoms with Crippen molar-refractivity contribution in [1.29, 1.82) is 0 Å². The van der Waals surface area contributed by atoms with Gasteiger partial charge in [-0.3, -0.25) is 9.36 Å². The molecule has 1 aliphatic heterocycles. The van der Waals surface area contributed by atoms with Gasteiger partial charge in [-0.25, -0.2) is 9.79 Å². The van der Waals surface area contributed by atoms with Crippen molar-refractivity contribution in [2.75, 3.05) is 27.4 Å². The van der Waals surface area contributed by atoms with E-state index in [1.165, 1.54) is 15.9 Å². The van der Waals surface area contributed by atoms with E-state index in [0.717, 1.165) is 10.0 Å². The first kappa shape index (κ1) is 26.7. The summed E-state index contributed by atoms with van der Waals surface area (Å²) in [6.07, 6.45) is 1.80. The molecular formula is C27H27BrN2O6S. The number of para-hydroxylation sites is 1. The van der Waals surface area contributed by atoms with E-state index in [9.17, 15) is 9.59 Å². The number of thiazole rings is 1. The highest BCUT2D eigenvalue weighted by atomic mass is 79.9. The summed E-state index contributed by atoms with van der Waals surface area (Å²) < 4.78 is 25.0. The molecule has 10 heteroatoms. The van der Waals surface area contributed by atoms with E-state index in [1.807, 2.05) is 31.2 Å². The number of benzene rings is 2. The number of methoxy groups -OCH3 is 2. The lowest BCUT2D eigenvalue weighted by molar-refractivity contribution is -0.139. The van der Waals surface area contributed by atoms with Crippen molar-refractivity contribution in [2.45, 2.75) is 26.8 Å². The first-order chi connectivity index (χ1) is 17.8. The van der Waals surface area contributed by atoms with Gasteiger partial charge in [0.1, 0.15) is 11.8 Å². The SMILES string of the molecule is CCOC(=O)C1=C(C)N=c2s/c(=C/c3ccc(OC)c(Br)c3)c(=O)n2[C@H]1c1cccc(OC)c1OCC. The fourth-order valence-electron chi connectivity index (χ4n) is 4.22. The standard InChI is InChI=1S/C27H27BrN2O6S/c1-6-35-24-17(9-8-10-20(24)34-5)23-22(26(32)36-7-2)15(3)29-27-30(23)25(31)21(37-27)14-16-11-12-19(33-4)18(28)13-16/h8-14,23H,6-7H2,1-5H3/b21-14+/t23-/m0/s1. The third-order valence-electron chi connectivity index (χ3n) is 5.80. The number of allylic oxidation sites excluding steroid dienone is 1. The number of hydrogen-bond acceptors (Lipinski definition) is 8. The van der Waals surface area contributed by atoms with Crippen LogP contribution in [0.3, 0.4) is 0 Å². The number of halogens is 1. The van der Waals surface area contributed by atoms with Crippen molar-refractivity contribution in [3.63, 3.8) is 0 Å². The molecule has 0 radical (unpaired) electrons. The summed E-state index contributed by atoms with van der Waals surface area (Å²) in [5, 5.41) is 0. The topological polar surface area (TPSA) is 88.4 Å². The number of nitrogens with zero attached hydrogens (tertiary/aromatic N) is 2. The zero-order chi connectivity index (χ0) is 26.7. The highest BCUT2D eigenvalue weighted by Crippen LogP contribution is 2.40.